The molecule has 4 heteroatoms. The van der Waals surface area contributed by atoms with E-state index >= 15 is 0 Å². The topological polar surface area (TPSA) is 55.7 Å². The molecule has 9 heavy (non-hydrogen) atoms. The highest BCUT2D eigenvalue weighted by Gasteiger charge is 2.20. The maximum atomic E-state index is 9.00. The summed E-state index contributed by atoms with van der Waals surface area (Å²) in [5.74, 6) is 0. The molecular formula is C5H12N2O2. The van der Waals surface area contributed by atoms with Gasteiger partial charge in [0, 0.05) is 6.54 Å². The van der Waals surface area contributed by atoms with Crippen LogP contribution in [0.25, 0.3) is 0 Å². The van der Waals surface area contributed by atoms with Gasteiger partial charge in [-0.3, -0.25) is 10.2 Å². The molecule has 2 atom stereocenters. The fourth-order valence-corrected chi connectivity index (χ4v) is 0.831. The van der Waals surface area contributed by atoms with E-state index in [1.165, 1.54) is 0 Å². The van der Waals surface area contributed by atoms with E-state index in [4.69, 9.17) is 10.2 Å². The molecule has 0 aliphatic carbocycles. The van der Waals surface area contributed by atoms with E-state index in [9.17, 15) is 0 Å². The Balaban J connectivity index is 2.35. The highest BCUT2D eigenvalue weighted by Crippen LogP contribution is 2.01. The Kier molecular flexibility index (Phi) is 2.02. The van der Waals surface area contributed by atoms with E-state index in [-0.39, 0.29) is 0 Å². The van der Waals surface area contributed by atoms with Crippen LogP contribution in [0.4, 0.5) is 0 Å². The lowest BCUT2D eigenvalue weighted by molar-refractivity contribution is -0.0841. The minimum absolute atomic E-state index is 0.545. The Morgan fingerprint density at radius 3 is 2.67 bits per heavy atom. The molecule has 0 amide bonds. The Bertz CT molecular complexity index is 99.0. The second-order valence-corrected chi connectivity index (χ2v) is 2.33. The van der Waals surface area contributed by atoms with Crippen molar-refractivity contribution in [2.45, 2.75) is 19.0 Å². The Labute approximate surface area is 54.1 Å². The minimum atomic E-state index is -0.686. The Morgan fingerprint density at radius 2 is 2.22 bits per heavy atom. The molecule has 3 N–H and O–H groups in total. The van der Waals surface area contributed by atoms with E-state index in [1.807, 2.05) is 0 Å². The molecule has 0 aromatic heterocycles. The van der Waals surface area contributed by atoms with Gasteiger partial charge in [0.2, 0.25) is 0 Å². The van der Waals surface area contributed by atoms with Crippen LogP contribution in [0, 0.1) is 0 Å². The number of rotatable bonds is 0. The summed E-state index contributed by atoms with van der Waals surface area (Å²) in [6.07, 6.45) is -0.557. The first-order valence-corrected chi connectivity index (χ1v) is 3.02. The Morgan fingerprint density at radius 1 is 1.56 bits per heavy atom. The first-order chi connectivity index (χ1) is 4.20. The first kappa shape index (κ1) is 6.95. The van der Waals surface area contributed by atoms with Crippen LogP contribution in [0.5, 0.6) is 0 Å². The average molecular weight is 132 g/mol. The molecule has 0 aromatic carbocycles. The van der Waals surface area contributed by atoms with E-state index in [0.717, 1.165) is 6.54 Å². The summed E-state index contributed by atoms with van der Waals surface area (Å²) in [4.78, 5) is 1.73. The maximum absolute atomic E-state index is 9.00. The number of hydrogen-bond donors (Lipinski definition) is 3. The number of nitrogens with one attached hydrogen (secondary N) is 1. The third-order valence-corrected chi connectivity index (χ3v) is 1.51. The zero-order valence-corrected chi connectivity index (χ0v) is 5.41. The van der Waals surface area contributed by atoms with Gasteiger partial charge in [-0.1, -0.05) is 0 Å². The number of nitrogens with zero attached hydrogens (tertiary/aromatic N) is 1. The highest BCUT2D eigenvalue weighted by atomic mass is 16.3. The summed E-state index contributed by atoms with van der Waals surface area (Å²) < 4.78 is 0. The Hall–Kier alpha value is -0.160. The number of aliphatic hydroxyl groups is 2. The van der Waals surface area contributed by atoms with Crippen LogP contribution in [0.1, 0.15) is 6.42 Å². The third kappa shape index (κ3) is 1.62. The van der Waals surface area contributed by atoms with Gasteiger partial charge in [0.15, 0.2) is 6.35 Å². The largest absolute Gasteiger partial charge is 0.378 e. The summed E-state index contributed by atoms with van der Waals surface area (Å²) in [6.45, 7) is 0.731. The van der Waals surface area contributed by atoms with Gasteiger partial charge in [-0.05, 0) is 13.5 Å². The van der Waals surface area contributed by atoms with Crippen molar-refractivity contribution < 1.29 is 10.2 Å². The van der Waals surface area contributed by atoms with Gasteiger partial charge in [-0.25, -0.2) is 0 Å². The minimum Gasteiger partial charge on any atom is -0.378 e. The maximum Gasteiger partial charge on any atom is 0.164 e. The molecule has 0 bridgehead atoms. The highest BCUT2D eigenvalue weighted by molar-refractivity contribution is 4.66. The number of aliphatic hydroxyl groups excluding tert-OH is 2. The zero-order valence-electron chi connectivity index (χ0n) is 5.41. The molecule has 4 nitrogen and oxygen atoms in total. The summed E-state index contributed by atoms with van der Waals surface area (Å²) in [5, 5.41) is 20.5. The van der Waals surface area contributed by atoms with Gasteiger partial charge < -0.3 is 10.2 Å². The summed E-state index contributed by atoms with van der Waals surface area (Å²) in [7, 11) is 1.80. The van der Waals surface area contributed by atoms with E-state index in [1.54, 1.807) is 11.9 Å². The van der Waals surface area contributed by atoms with Gasteiger partial charge in [-0.2, -0.15) is 0 Å². The monoisotopic (exact) mass is 132 g/mol. The fourth-order valence-electron chi connectivity index (χ4n) is 0.831. The second-order valence-electron chi connectivity index (χ2n) is 2.33. The van der Waals surface area contributed by atoms with Crippen LogP contribution in [-0.4, -0.2) is 41.3 Å². The van der Waals surface area contributed by atoms with Gasteiger partial charge >= 0.3 is 0 Å². The van der Waals surface area contributed by atoms with Crippen molar-refractivity contribution in [1.29, 1.82) is 0 Å². The lowest BCUT2D eigenvalue weighted by atomic mass is 10.3. The van der Waals surface area contributed by atoms with E-state index < -0.39 is 12.6 Å². The predicted molar refractivity (Wildman–Crippen MR) is 32.4 cm³/mol. The summed E-state index contributed by atoms with van der Waals surface area (Å²) in [5.41, 5.74) is 0. The summed E-state index contributed by atoms with van der Waals surface area (Å²) in [6, 6.07) is 0. The van der Waals surface area contributed by atoms with Crippen LogP contribution in [-0.2, 0) is 0 Å². The molecule has 2 unspecified atom stereocenters. The molecule has 1 aliphatic heterocycles. The van der Waals surface area contributed by atoms with Crippen LogP contribution >= 0.6 is 0 Å². The second kappa shape index (κ2) is 2.62. The molecule has 1 fully saturated rings. The van der Waals surface area contributed by atoms with Crippen molar-refractivity contribution in [3.63, 3.8) is 0 Å². The third-order valence-electron chi connectivity index (χ3n) is 1.51. The van der Waals surface area contributed by atoms with Crippen molar-refractivity contribution in [3.05, 3.63) is 0 Å². The normalized spacial score (nSPS) is 39.0. The molecule has 54 valence electrons. The van der Waals surface area contributed by atoms with Crippen LogP contribution < -0.4 is 5.32 Å². The smallest absolute Gasteiger partial charge is 0.164 e. The van der Waals surface area contributed by atoms with Crippen LogP contribution in [0.3, 0.4) is 0 Å². The van der Waals surface area contributed by atoms with Gasteiger partial charge in [0.25, 0.3) is 0 Å². The molecule has 1 saturated heterocycles. The number of hydrogen-bond acceptors (Lipinski definition) is 4. The molecule has 0 radical (unpaired) electrons. The quantitative estimate of drug-likeness (QED) is 0.376. The van der Waals surface area contributed by atoms with E-state index in [2.05, 4.69) is 5.32 Å². The summed E-state index contributed by atoms with van der Waals surface area (Å²) >= 11 is 0. The average Bonchev–Trinajstić information content (AvgIpc) is 1.80. The lowest BCUT2D eigenvalue weighted by Gasteiger charge is -2.32. The molecule has 1 heterocycles. The fraction of sp³-hybridized carbons (Fsp3) is 1.00. The molecule has 0 saturated carbocycles. The van der Waals surface area contributed by atoms with Gasteiger partial charge in [0.1, 0.15) is 6.23 Å². The van der Waals surface area contributed by atoms with Crippen molar-refractivity contribution in [1.82, 2.24) is 10.2 Å². The van der Waals surface area contributed by atoms with Crippen molar-refractivity contribution >= 4 is 0 Å². The van der Waals surface area contributed by atoms with Gasteiger partial charge in [0.05, 0.1) is 0 Å². The van der Waals surface area contributed by atoms with Crippen molar-refractivity contribution in [3.8, 4) is 0 Å². The van der Waals surface area contributed by atoms with Crippen molar-refractivity contribution in [2.24, 2.45) is 0 Å². The molecule has 1 rings (SSSR count). The molecular weight excluding hydrogens is 120 g/mol. The first-order valence-electron chi connectivity index (χ1n) is 3.02. The molecule has 1 aliphatic rings. The van der Waals surface area contributed by atoms with Gasteiger partial charge in [-0.15, -0.1) is 0 Å². The zero-order chi connectivity index (χ0) is 6.85. The molecule has 0 aromatic rings. The van der Waals surface area contributed by atoms with E-state index in [0.29, 0.717) is 6.42 Å². The molecule has 0 spiro atoms. The SMILES string of the molecule is CN1CCC(O)NC1O. The van der Waals surface area contributed by atoms with Crippen LogP contribution in [0.2, 0.25) is 0 Å². The van der Waals surface area contributed by atoms with Crippen molar-refractivity contribution in [2.75, 3.05) is 13.6 Å². The standard InChI is InChI=1S/C5H12N2O2/c1-7-3-2-4(8)6-5(7)9/h4-6,8-9H,2-3H2,1H3. The van der Waals surface area contributed by atoms with Crippen LogP contribution in [0.15, 0.2) is 0 Å². The lowest BCUT2D eigenvalue weighted by Crippen LogP contribution is -2.54. The predicted octanol–water partition coefficient (Wildman–Crippen LogP) is -1.49.